The van der Waals surface area contributed by atoms with Gasteiger partial charge in [0.15, 0.2) is 0 Å². The number of benzene rings is 1. The normalized spacial score (nSPS) is 21.8. The molecule has 1 saturated heterocycles. The summed E-state index contributed by atoms with van der Waals surface area (Å²) in [6, 6.07) is 8.77. The molecule has 5 rings (SSSR count). The molecule has 9 heteroatoms. The second kappa shape index (κ2) is 10.5. The Labute approximate surface area is 220 Å². The highest BCUT2D eigenvalue weighted by atomic mass is 35.5. The maximum atomic E-state index is 13.6. The number of allylic oxidation sites excluding steroid dienone is 4. The molecule has 0 bridgehead atoms. The monoisotopic (exact) mass is 525 g/mol. The predicted octanol–water partition coefficient (Wildman–Crippen LogP) is 4.97. The van der Waals surface area contributed by atoms with Gasteiger partial charge in [0.2, 0.25) is 0 Å². The van der Waals surface area contributed by atoms with Gasteiger partial charge in [-0.05, 0) is 49.1 Å². The minimum absolute atomic E-state index is 0.237. The summed E-state index contributed by atoms with van der Waals surface area (Å²) in [7, 11) is 1.34. The number of esters is 1. The van der Waals surface area contributed by atoms with Crippen molar-refractivity contribution in [2.75, 3.05) is 31.7 Å². The fraction of sp³-hybridized carbons (Fsp3) is 0.393. The number of carbonyl (C=O) groups is 2. The quantitative estimate of drug-likeness (QED) is 0.490. The lowest BCUT2D eigenvalue weighted by Gasteiger charge is -2.23. The van der Waals surface area contributed by atoms with Gasteiger partial charge in [-0.25, -0.2) is 14.2 Å². The zero-order chi connectivity index (χ0) is 26.0. The number of amides is 1. The van der Waals surface area contributed by atoms with Crippen molar-refractivity contribution < 1.29 is 23.5 Å². The molecule has 0 radical (unpaired) electrons. The van der Waals surface area contributed by atoms with E-state index in [1.165, 1.54) is 13.2 Å². The van der Waals surface area contributed by atoms with Crippen LogP contribution in [0.25, 0.3) is 0 Å². The minimum Gasteiger partial charge on any atom is -0.497 e. The van der Waals surface area contributed by atoms with Crippen molar-refractivity contribution in [1.82, 2.24) is 10.3 Å². The van der Waals surface area contributed by atoms with Crippen LogP contribution in [0.5, 0.6) is 0 Å². The number of anilines is 1. The molecule has 37 heavy (non-hydrogen) atoms. The standard InChI is InChI=1S/C28H29ClFN3O4/c1-36-27(35)19-5-7-20(8-6-19)28(10-11-28)32-26(34)24-13-21(29)15-31-25(24)33-12-9-18(16-33)17-37-23-4-2-3-22(30)14-23/h2-8,13,15,18,22H,9-12,14,16-17H2,1H3,(H,32,34). The Morgan fingerprint density at radius 1 is 1.27 bits per heavy atom. The number of halogens is 2. The Morgan fingerprint density at radius 2 is 2.05 bits per heavy atom. The molecule has 194 valence electrons. The number of nitrogens with one attached hydrogen (secondary N) is 1. The number of hydrogen-bond acceptors (Lipinski definition) is 6. The molecular weight excluding hydrogens is 497 g/mol. The second-order valence-corrected chi connectivity index (χ2v) is 10.2. The van der Waals surface area contributed by atoms with Crippen LogP contribution in [0.1, 0.15) is 52.0 Å². The van der Waals surface area contributed by atoms with Crippen molar-refractivity contribution in [3.05, 3.63) is 82.2 Å². The number of aromatic nitrogens is 1. The molecule has 2 fully saturated rings. The van der Waals surface area contributed by atoms with Gasteiger partial charge in [0.1, 0.15) is 12.0 Å². The third kappa shape index (κ3) is 5.64. The lowest BCUT2D eigenvalue weighted by molar-refractivity contribution is 0.0600. The SMILES string of the molecule is COC(=O)c1ccc(C2(NC(=O)c3cc(Cl)cnc3N3CCC(COC4=CC=CC(F)C4)C3)CC2)cc1. The third-order valence-electron chi connectivity index (χ3n) is 7.13. The summed E-state index contributed by atoms with van der Waals surface area (Å²) in [6.07, 6.45) is 8.31. The fourth-order valence-electron chi connectivity index (χ4n) is 4.89. The van der Waals surface area contributed by atoms with Gasteiger partial charge in [-0.3, -0.25) is 4.79 Å². The number of hydrogen-bond donors (Lipinski definition) is 1. The number of rotatable bonds is 8. The lowest BCUT2D eigenvalue weighted by Crippen LogP contribution is -2.36. The molecule has 3 aliphatic rings. The lowest BCUT2D eigenvalue weighted by atomic mass is 10.0. The molecule has 1 aliphatic heterocycles. The van der Waals surface area contributed by atoms with Gasteiger partial charge in [-0.1, -0.05) is 35.9 Å². The number of ether oxygens (including phenoxy) is 2. The van der Waals surface area contributed by atoms with E-state index in [2.05, 4.69) is 15.2 Å². The third-order valence-corrected chi connectivity index (χ3v) is 7.33. The number of nitrogens with zero attached hydrogens (tertiary/aromatic N) is 2. The maximum Gasteiger partial charge on any atom is 0.337 e. The molecule has 1 N–H and O–H groups in total. The zero-order valence-corrected chi connectivity index (χ0v) is 21.3. The van der Waals surface area contributed by atoms with Crippen LogP contribution in [0.15, 0.2) is 60.5 Å². The van der Waals surface area contributed by atoms with Gasteiger partial charge in [-0.15, -0.1) is 0 Å². The summed E-state index contributed by atoms with van der Waals surface area (Å²) in [5.74, 6) is 0.842. The van der Waals surface area contributed by atoms with Crippen LogP contribution in [0, 0.1) is 5.92 Å². The van der Waals surface area contributed by atoms with E-state index in [9.17, 15) is 14.0 Å². The molecule has 2 heterocycles. The molecule has 2 aromatic rings. The number of methoxy groups -OCH3 is 1. The van der Waals surface area contributed by atoms with Crippen LogP contribution in [0.3, 0.4) is 0 Å². The minimum atomic E-state index is -1.00. The average molecular weight is 526 g/mol. The van der Waals surface area contributed by atoms with Crippen LogP contribution in [-0.4, -0.2) is 49.8 Å². The summed E-state index contributed by atoms with van der Waals surface area (Å²) < 4.78 is 24.2. The van der Waals surface area contributed by atoms with E-state index in [1.807, 2.05) is 18.2 Å². The smallest absolute Gasteiger partial charge is 0.337 e. The first-order chi connectivity index (χ1) is 17.9. The number of pyridine rings is 1. The molecule has 2 atom stereocenters. The average Bonchev–Trinajstić information content (AvgIpc) is 3.53. The first-order valence-corrected chi connectivity index (χ1v) is 12.8. The Hall–Kier alpha value is -3.39. The van der Waals surface area contributed by atoms with Crippen molar-refractivity contribution in [2.24, 2.45) is 5.92 Å². The zero-order valence-electron chi connectivity index (χ0n) is 20.6. The fourth-order valence-corrected chi connectivity index (χ4v) is 5.05. The summed E-state index contributed by atoms with van der Waals surface area (Å²) in [5.41, 5.74) is 1.34. The Bertz CT molecular complexity index is 1240. The van der Waals surface area contributed by atoms with Crippen molar-refractivity contribution in [3.8, 4) is 0 Å². The summed E-state index contributed by atoms with van der Waals surface area (Å²) in [6.45, 7) is 1.90. The molecule has 1 aromatic heterocycles. The maximum absolute atomic E-state index is 13.6. The van der Waals surface area contributed by atoms with Crippen molar-refractivity contribution in [2.45, 2.75) is 37.4 Å². The van der Waals surface area contributed by atoms with Crippen LogP contribution in [-0.2, 0) is 15.0 Å². The van der Waals surface area contributed by atoms with E-state index >= 15 is 0 Å². The first kappa shape index (κ1) is 25.3. The van der Waals surface area contributed by atoms with E-state index in [0.717, 1.165) is 31.4 Å². The first-order valence-electron chi connectivity index (χ1n) is 12.4. The highest BCUT2D eigenvalue weighted by molar-refractivity contribution is 6.31. The molecular formula is C28H29ClFN3O4. The van der Waals surface area contributed by atoms with Crippen molar-refractivity contribution in [1.29, 1.82) is 0 Å². The van der Waals surface area contributed by atoms with Gasteiger partial charge in [0.05, 0.1) is 41.2 Å². The largest absolute Gasteiger partial charge is 0.497 e. The Kier molecular flexibility index (Phi) is 7.20. The molecule has 1 amide bonds. The van der Waals surface area contributed by atoms with E-state index in [1.54, 1.807) is 30.5 Å². The molecule has 2 aliphatic carbocycles. The molecule has 2 unspecified atom stereocenters. The van der Waals surface area contributed by atoms with Crippen molar-refractivity contribution in [3.63, 3.8) is 0 Å². The Morgan fingerprint density at radius 3 is 2.76 bits per heavy atom. The predicted molar refractivity (Wildman–Crippen MR) is 138 cm³/mol. The van der Waals surface area contributed by atoms with Crippen LogP contribution in [0.4, 0.5) is 10.2 Å². The molecule has 1 aromatic carbocycles. The molecule has 7 nitrogen and oxygen atoms in total. The second-order valence-electron chi connectivity index (χ2n) is 9.78. The number of alkyl halides is 1. The number of carbonyl (C=O) groups excluding carboxylic acids is 2. The van der Waals surface area contributed by atoms with Gasteiger partial charge in [0.25, 0.3) is 5.91 Å². The van der Waals surface area contributed by atoms with Gasteiger partial charge >= 0.3 is 5.97 Å². The van der Waals surface area contributed by atoms with Gasteiger partial charge < -0.3 is 19.7 Å². The van der Waals surface area contributed by atoms with Crippen LogP contribution < -0.4 is 10.2 Å². The summed E-state index contributed by atoms with van der Waals surface area (Å²) in [4.78, 5) is 31.8. The van der Waals surface area contributed by atoms with E-state index < -0.39 is 17.7 Å². The van der Waals surface area contributed by atoms with Crippen LogP contribution >= 0.6 is 11.6 Å². The van der Waals surface area contributed by atoms with Gasteiger partial charge in [-0.2, -0.15) is 0 Å². The highest BCUT2D eigenvalue weighted by Gasteiger charge is 2.46. The summed E-state index contributed by atoms with van der Waals surface area (Å²) >= 11 is 6.24. The topological polar surface area (TPSA) is 80.8 Å². The van der Waals surface area contributed by atoms with E-state index in [-0.39, 0.29) is 18.2 Å². The Balaban J connectivity index is 1.26. The van der Waals surface area contributed by atoms with Gasteiger partial charge in [0, 0.05) is 31.6 Å². The molecule has 0 spiro atoms. The van der Waals surface area contributed by atoms with Crippen molar-refractivity contribution >= 4 is 29.3 Å². The molecule has 1 saturated carbocycles. The summed E-state index contributed by atoms with van der Waals surface area (Å²) in [5, 5.41) is 3.57. The van der Waals surface area contributed by atoms with E-state index in [4.69, 9.17) is 21.1 Å². The van der Waals surface area contributed by atoms with E-state index in [0.29, 0.717) is 40.9 Å². The van der Waals surface area contributed by atoms with Crippen LogP contribution in [0.2, 0.25) is 5.02 Å². The highest BCUT2D eigenvalue weighted by Crippen LogP contribution is 2.46.